The molecule has 0 saturated carbocycles. The lowest BCUT2D eigenvalue weighted by Crippen LogP contribution is -2.12. The molecule has 4 N–H and O–H groups in total. The average Bonchev–Trinajstić information content (AvgIpc) is 3.03. The largest absolute Gasteiger partial charge is 0.478 e. The number of benzene rings is 1. The highest BCUT2D eigenvalue weighted by atomic mass is 19.4. The zero-order valence-electron chi connectivity index (χ0n) is 13.3. The fraction of sp³-hybridized carbons (Fsp3) is 0.125. The van der Waals surface area contributed by atoms with Gasteiger partial charge >= 0.3 is 12.1 Å². The third-order valence-corrected chi connectivity index (χ3v) is 3.75. The number of nitrogens with one attached hydrogen (secondary N) is 3. The number of anilines is 1. The zero-order valence-corrected chi connectivity index (χ0v) is 13.3. The number of rotatable bonds is 4. The van der Waals surface area contributed by atoms with E-state index in [9.17, 15) is 18.0 Å². The van der Waals surface area contributed by atoms with Crippen molar-refractivity contribution in [3.8, 4) is 0 Å². The van der Waals surface area contributed by atoms with Crippen LogP contribution < -0.4 is 5.32 Å². The van der Waals surface area contributed by atoms with Crippen LogP contribution in [0.3, 0.4) is 0 Å². The molecule has 7 nitrogen and oxygen atoms in total. The van der Waals surface area contributed by atoms with Crippen molar-refractivity contribution in [2.45, 2.75) is 6.18 Å². The number of carbonyl (C=O) groups is 1. The minimum absolute atomic E-state index is 0.0246. The van der Waals surface area contributed by atoms with Crippen molar-refractivity contribution in [2.75, 3.05) is 12.4 Å². The Hall–Kier alpha value is -3.43. The molecule has 0 amide bonds. The topological polar surface area (TPSA) is 115 Å². The van der Waals surface area contributed by atoms with Gasteiger partial charge in [0.25, 0.3) is 0 Å². The Balaban J connectivity index is 2.13. The van der Waals surface area contributed by atoms with Crippen molar-refractivity contribution in [3.63, 3.8) is 0 Å². The lowest BCUT2D eigenvalue weighted by atomic mass is 10.0. The first-order chi connectivity index (χ1) is 12.2. The lowest BCUT2D eigenvalue weighted by molar-refractivity contribution is -0.137. The van der Waals surface area contributed by atoms with Crippen molar-refractivity contribution in [1.29, 1.82) is 5.41 Å². The monoisotopic (exact) mass is 363 g/mol. The number of hydrogen-bond acceptors (Lipinski definition) is 5. The molecule has 0 radical (unpaired) electrons. The van der Waals surface area contributed by atoms with Crippen molar-refractivity contribution in [1.82, 2.24) is 15.0 Å². The summed E-state index contributed by atoms with van der Waals surface area (Å²) in [7, 11) is 1.52. The third kappa shape index (κ3) is 2.96. The molecule has 134 valence electrons. The zero-order chi connectivity index (χ0) is 19.1. The number of aromatic nitrogens is 3. The number of carboxylic acids is 1. The summed E-state index contributed by atoms with van der Waals surface area (Å²) >= 11 is 0. The molecule has 1 aromatic carbocycles. The van der Waals surface area contributed by atoms with E-state index in [1.54, 1.807) is 0 Å². The van der Waals surface area contributed by atoms with E-state index in [4.69, 9.17) is 10.5 Å². The number of hydrogen-bond donors (Lipinski definition) is 4. The van der Waals surface area contributed by atoms with Gasteiger partial charge in [-0.15, -0.1) is 0 Å². The van der Waals surface area contributed by atoms with Crippen LogP contribution in [0.2, 0.25) is 0 Å². The number of H-pyrrole nitrogens is 1. The quantitative estimate of drug-likeness (QED) is 0.532. The number of fused-ring (bicyclic) bond motifs is 1. The molecule has 0 bridgehead atoms. The molecular formula is C16H12F3N5O2. The molecule has 0 unspecified atom stereocenters. The Bertz CT molecular complexity index is 1030. The van der Waals surface area contributed by atoms with Gasteiger partial charge in [-0.3, -0.25) is 5.41 Å². The number of carboxylic acid groups (broad SMARTS) is 1. The van der Waals surface area contributed by atoms with Crippen molar-refractivity contribution < 1.29 is 23.1 Å². The molecule has 0 aliphatic heterocycles. The SMILES string of the molecule is CNc1ccc(C(F)(F)F)cc1C(=N)c1cnc2[nH]cc(C(=O)O)c2n1. The number of aromatic amines is 1. The normalized spacial score (nSPS) is 11.5. The highest BCUT2D eigenvalue weighted by Crippen LogP contribution is 2.32. The molecular weight excluding hydrogens is 351 g/mol. The van der Waals surface area contributed by atoms with Gasteiger partial charge in [-0.1, -0.05) is 0 Å². The first-order valence-electron chi connectivity index (χ1n) is 7.28. The van der Waals surface area contributed by atoms with Gasteiger partial charge in [0.1, 0.15) is 16.8 Å². The van der Waals surface area contributed by atoms with E-state index in [0.29, 0.717) is 5.69 Å². The Morgan fingerprint density at radius 2 is 2.04 bits per heavy atom. The summed E-state index contributed by atoms with van der Waals surface area (Å²) in [5.41, 5.74) is -0.892. The molecule has 2 aromatic heterocycles. The van der Waals surface area contributed by atoms with Crippen molar-refractivity contribution in [2.24, 2.45) is 0 Å². The summed E-state index contributed by atoms with van der Waals surface area (Å²) in [5, 5.41) is 20.1. The molecule has 0 fully saturated rings. The van der Waals surface area contributed by atoms with Crippen LogP contribution in [0.25, 0.3) is 11.2 Å². The maximum absolute atomic E-state index is 13.0. The van der Waals surface area contributed by atoms with E-state index in [-0.39, 0.29) is 33.7 Å². The highest BCUT2D eigenvalue weighted by Gasteiger charge is 2.31. The number of aromatic carboxylic acids is 1. The van der Waals surface area contributed by atoms with Crippen LogP contribution in [-0.2, 0) is 6.18 Å². The van der Waals surface area contributed by atoms with E-state index in [2.05, 4.69) is 20.3 Å². The van der Waals surface area contributed by atoms with Crippen LogP contribution in [0, 0.1) is 5.41 Å². The minimum Gasteiger partial charge on any atom is -0.478 e. The second-order valence-corrected chi connectivity index (χ2v) is 5.34. The van der Waals surface area contributed by atoms with Crippen LogP contribution in [0.5, 0.6) is 0 Å². The van der Waals surface area contributed by atoms with Gasteiger partial charge in [0.2, 0.25) is 0 Å². The van der Waals surface area contributed by atoms with Crippen molar-refractivity contribution in [3.05, 3.63) is 53.0 Å². The highest BCUT2D eigenvalue weighted by molar-refractivity contribution is 6.13. The Morgan fingerprint density at radius 1 is 1.31 bits per heavy atom. The molecule has 10 heteroatoms. The predicted octanol–water partition coefficient (Wildman–Crippen LogP) is 3.13. The minimum atomic E-state index is -4.56. The first-order valence-corrected chi connectivity index (χ1v) is 7.28. The summed E-state index contributed by atoms with van der Waals surface area (Å²) < 4.78 is 39.0. The molecule has 26 heavy (non-hydrogen) atoms. The second kappa shape index (κ2) is 6.14. The van der Waals surface area contributed by atoms with Gasteiger partial charge in [0, 0.05) is 24.5 Å². The fourth-order valence-corrected chi connectivity index (χ4v) is 2.46. The van der Waals surface area contributed by atoms with Gasteiger partial charge < -0.3 is 15.4 Å². The third-order valence-electron chi connectivity index (χ3n) is 3.75. The summed E-state index contributed by atoms with van der Waals surface area (Å²) in [6, 6.07) is 2.97. The smallest absolute Gasteiger partial charge is 0.416 e. The Labute approximate surface area is 144 Å². The van der Waals surface area contributed by atoms with Gasteiger partial charge in [0.05, 0.1) is 17.5 Å². The molecule has 0 atom stereocenters. The average molecular weight is 363 g/mol. The van der Waals surface area contributed by atoms with E-state index < -0.39 is 17.7 Å². The second-order valence-electron chi connectivity index (χ2n) is 5.34. The molecule has 0 saturated heterocycles. The van der Waals surface area contributed by atoms with Crippen LogP contribution in [0.4, 0.5) is 18.9 Å². The Kier molecular flexibility index (Phi) is 4.10. The fourth-order valence-electron chi connectivity index (χ4n) is 2.46. The van der Waals surface area contributed by atoms with E-state index in [1.165, 1.54) is 25.5 Å². The van der Waals surface area contributed by atoms with Crippen molar-refractivity contribution >= 4 is 28.5 Å². The predicted molar refractivity (Wildman–Crippen MR) is 87.8 cm³/mol. The van der Waals surface area contributed by atoms with Crippen LogP contribution >= 0.6 is 0 Å². The molecule has 3 rings (SSSR count). The molecule has 0 aliphatic rings. The number of nitrogens with zero attached hydrogens (tertiary/aromatic N) is 2. The lowest BCUT2D eigenvalue weighted by Gasteiger charge is -2.14. The number of alkyl halides is 3. The van der Waals surface area contributed by atoms with Crippen LogP contribution in [0.1, 0.15) is 27.2 Å². The maximum Gasteiger partial charge on any atom is 0.416 e. The molecule has 2 heterocycles. The summed E-state index contributed by atoms with van der Waals surface area (Å²) in [6.45, 7) is 0. The van der Waals surface area contributed by atoms with Crippen LogP contribution in [-0.4, -0.2) is 38.8 Å². The maximum atomic E-state index is 13.0. The Morgan fingerprint density at radius 3 is 2.65 bits per heavy atom. The van der Waals surface area contributed by atoms with Gasteiger partial charge in [-0.05, 0) is 18.2 Å². The van der Waals surface area contributed by atoms with E-state index in [0.717, 1.165) is 12.1 Å². The van der Waals surface area contributed by atoms with E-state index >= 15 is 0 Å². The first kappa shape index (κ1) is 17.4. The van der Waals surface area contributed by atoms with Gasteiger partial charge in [0.15, 0.2) is 5.65 Å². The van der Waals surface area contributed by atoms with Gasteiger partial charge in [-0.2, -0.15) is 13.2 Å². The standard InChI is InChI=1S/C16H12F3N5O2/c1-21-10-3-2-7(16(17,18)19)4-8(10)12(20)11-6-23-14-13(24-11)9(5-22-14)15(25)26/h2-6,20-21H,1H3,(H,22,23)(H,25,26). The van der Waals surface area contributed by atoms with Crippen LogP contribution in [0.15, 0.2) is 30.6 Å². The summed E-state index contributed by atoms with van der Waals surface area (Å²) in [5.74, 6) is -1.23. The number of halogens is 3. The molecule has 0 aliphatic carbocycles. The van der Waals surface area contributed by atoms with Gasteiger partial charge in [-0.25, -0.2) is 14.8 Å². The summed E-state index contributed by atoms with van der Waals surface area (Å²) in [6.07, 6.45) is -2.15. The molecule has 3 aromatic rings. The van der Waals surface area contributed by atoms with E-state index in [1.807, 2.05) is 0 Å². The molecule has 0 spiro atoms. The summed E-state index contributed by atoms with van der Waals surface area (Å²) in [4.78, 5) is 21.9.